The van der Waals surface area contributed by atoms with Crippen molar-refractivity contribution in [1.82, 2.24) is 5.32 Å². The van der Waals surface area contributed by atoms with Crippen molar-refractivity contribution < 1.29 is 13.2 Å². The van der Waals surface area contributed by atoms with Crippen LogP contribution in [0.1, 0.15) is 11.1 Å². The first-order valence-corrected chi connectivity index (χ1v) is 11.3. The molecule has 0 saturated carbocycles. The van der Waals surface area contributed by atoms with Gasteiger partial charge >= 0.3 is 0 Å². The average molecular weight is 443 g/mol. The second-order valence-electron chi connectivity index (χ2n) is 6.89. The first kappa shape index (κ1) is 21.9. The van der Waals surface area contributed by atoms with Crippen LogP contribution in [0, 0.1) is 6.92 Å². The molecule has 0 heterocycles. The number of carbonyl (C=O) groups excluding carboxylic acids is 1. The third-order valence-electron chi connectivity index (χ3n) is 4.56. The number of aryl methyl sites for hydroxylation is 1. The molecule has 5 nitrogen and oxygen atoms in total. The molecule has 1 N–H and O–H groups in total. The fraction of sp³-hybridized carbons (Fsp3) is 0.174. The summed E-state index contributed by atoms with van der Waals surface area (Å²) in [5, 5.41) is 3.46. The van der Waals surface area contributed by atoms with E-state index in [2.05, 4.69) is 5.32 Å². The lowest BCUT2D eigenvalue weighted by Crippen LogP contribution is -2.41. The van der Waals surface area contributed by atoms with Crippen molar-refractivity contribution in [3.8, 4) is 0 Å². The third-order valence-corrected chi connectivity index (χ3v) is 6.60. The highest BCUT2D eigenvalue weighted by Crippen LogP contribution is 2.24. The molecule has 0 aromatic heterocycles. The summed E-state index contributed by atoms with van der Waals surface area (Å²) in [4.78, 5) is 12.7. The normalized spacial score (nSPS) is 11.1. The number of halogens is 1. The predicted octanol–water partition coefficient (Wildman–Crippen LogP) is 4.20. The zero-order chi connectivity index (χ0) is 21.6. The van der Waals surface area contributed by atoms with Gasteiger partial charge in [-0.1, -0.05) is 54.1 Å². The molecule has 3 aromatic rings. The summed E-state index contributed by atoms with van der Waals surface area (Å²) in [6.45, 7) is 1.97. The van der Waals surface area contributed by atoms with Gasteiger partial charge in [0, 0.05) is 11.6 Å². The van der Waals surface area contributed by atoms with E-state index in [1.165, 1.54) is 12.1 Å². The Kier molecular flexibility index (Phi) is 7.13. The van der Waals surface area contributed by atoms with Crippen LogP contribution in [0.25, 0.3) is 0 Å². The van der Waals surface area contributed by atoms with E-state index < -0.39 is 10.0 Å². The van der Waals surface area contributed by atoms with E-state index in [4.69, 9.17) is 11.6 Å². The Morgan fingerprint density at radius 3 is 2.33 bits per heavy atom. The Morgan fingerprint density at radius 2 is 1.67 bits per heavy atom. The van der Waals surface area contributed by atoms with Crippen molar-refractivity contribution in [3.63, 3.8) is 0 Å². The van der Waals surface area contributed by atoms with Crippen LogP contribution in [0.4, 0.5) is 5.69 Å². The molecule has 3 aromatic carbocycles. The SMILES string of the molecule is Cc1cccc(N(CC(=O)NCCc2ccc(Cl)cc2)S(=O)(=O)c2ccccc2)c1. The summed E-state index contributed by atoms with van der Waals surface area (Å²) < 4.78 is 27.6. The van der Waals surface area contributed by atoms with Crippen LogP contribution in [0.2, 0.25) is 5.02 Å². The standard InChI is InChI=1S/C23H23ClN2O3S/c1-18-6-5-7-21(16-18)26(30(28,29)22-8-3-2-4-9-22)17-23(27)25-15-14-19-10-12-20(24)13-11-19/h2-13,16H,14-15,17H2,1H3,(H,25,27). The number of amides is 1. The molecule has 3 rings (SSSR count). The molecule has 7 heteroatoms. The van der Waals surface area contributed by atoms with E-state index in [0.29, 0.717) is 23.7 Å². The Balaban J connectivity index is 1.75. The van der Waals surface area contributed by atoms with Crippen molar-refractivity contribution in [2.24, 2.45) is 0 Å². The minimum Gasteiger partial charge on any atom is -0.354 e. The number of sulfonamides is 1. The largest absolute Gasteiger partial charge is 0.354 e. The third kappa shape index (κ3) is 5.62. The van der Waals surface area contributed by atoms with Crippen LogP contribution in [-0.4, -0.2) is 27.4 Å². The van der Waals surface area contributed by atoms with Crippen molar-refractivity contribution in [2.75, 3.05) is 17.4 Å². The zero-order valence-corrected chi connectivity index (χ0v) is 18.2. The van der Waals surface area contributed by atoms with E-state index in [0.717, 1.165) is 15.4 Å². The van der Waals surface area contributed by atoms with Crippen LogP contribution in [-0.2, 0) is 21.2 Å². The molecule has 0 bridgehead atoms. The van der Waals surface area contributed by atoms with Gasteiger partial charge in [0.25, 0.3) is 10.0 Å². The highest BCUT2D eigenvalue weighted by atomic mass is 35.5. The van der Waals surface area contributed by atoms with Gasteiger partial charge in [-0.15, -0.1) is 0 Å². The van der Waals surface area contributed by atoms with E-state index >= 15 is 0 Å². The summed E-state index contributed by atoms with van der Waals surface area (Å²) in [6, 6.07) is 22.6. The molecule has 0 saturated heterocycles. The Bertz CT molecular complexity index is 1100. The lowest BCUT2D eigenvalue weighted by molar-refractivity contribution is -0.119. The summed E-state index contributed by atoms with van der Waals surface area (Å²) >= 11 is 5.88. The van der Waals surface area contributed by atoms with Crippen molar-refractivity contribution in [3.05, 3.63) is 95.0 Å². The average Bonchev–Trinajstić information content (AvgIpc) is 2.74. The number of rotatable bonds is 8. The van der Waals surface area contributed by atoms with Gasteiger partial charge in [-0.25, -0.2) is 8.42 Å². The quantitative estimate of drug-likeness (QED) is 0.568. The molecular weight excluding hydrogens is 420 g/mol. The maximum Gasteiger partial charge on any atom is 0.264 e. The summed E-state index contributed by atoms with van der Waals surface area (Å²) in [5.74, 6) is -0.370. The molecule has 0 radical (unpaired) electrons. The minimum atomic E-state index is -3.89. The van der Waals surface area contributed by atoms with Gasteiger partial charge in [-0.3, -0.25) is 9.10 Å². The van der Waals surface area contributed by atoms with Gasteiger partial charge in [-0.05, 0) is 60.9 Å². The lowest BCUT2D eigenvalue weighted by Gasteiger charge is -2.24. The van der Waals surface area contributed by atoms with Crippen LogP contribution in [0.3, 0.4) is 0 Å². The number of hydrogen-bond acceptors (Lipinski definition) is 3. The first-order valence-electron chi connectivity index (χ1n) is 9.52. The van der Waals surface area contributed by atoms with Crippen LogP contribution < -0.4 is 9.62 Å². The molecule has 0 atom stereocenters. The van der Waals surface area contributed by atoms with E-state index in [1.54, 1.807) is 48.5 Å². The molecule has 0 aliphatic carbocycles. The Labute approximate surface area is 182 Å². The zero-order valence-electron chi connectivity index (χ0n) is 16.6. The second kappa shape index (κ2) is 9.78. The minimum absolute atomic E-state index is 0.139. The number of nitrogens with one attached hydrogen (secondary N) is 1. The molecule has 0 aliphatic rings. The van der Waals surface area contributed by atoms with Crippen molar-refractivity contribution in [2.45, 2.75) is 18.2 Å². The van der Waals surface area contributed by atoms with Gasteiger partial charge < -0.3 is 5.32 Å². The van der Waals surface area contributed by atoms with Gasteiger partial charge in [0.05, 0.1) is 10.6 Å². The summed E-state index contributed by atoms with van der Waals surface area (Å²) in [7, 11) is -3.89. The highest BCUT2D eigenvalue weighted by Gasteiger charge is 2.27. The number of carbonyl (C=O) groups is 1. The lowest BCUT2D eigenvalue weighted by atomic mass is 10.1. The molecule has 0 aliphatic heterocycles. The van der Waals surface area contributed by atoms with Crippen molar-refractivity contribution >= 4 is 33.2 Å². The number of anilines is 1. The maximum atomic E-state index is 13.2. The number of hydrogen-bond donors (Lipinski definition) is 1. The molecule has 0 unspecified atom stereocenters. The Hall–Kier alpha value is -2.83. The fourth-order valence-corrected chi connectivity index (χ4v) is 4.56. The van der Waals surface area contributed by atoms with E-state index in [-0.39, 0.29) is 17.3 Å². The summed E-state index contributed by atoms with van der Waals surface area (Å²) in [5.41, 5.74) is 2.39. The van der Waals surface area contributed by atoms with Gasteiger partial charge in [0.2, 0.25) is 5.91 Å². The monoisotopic (exact) mass is 442 g/mol. The van der Waals surface area contributed by atoms with E-state index in [1.807, 2.05) is 25.1 Å². The van der Waals surface area contributed by atoms with Crippen molar-refractivity contribution in [1.29, 1.82) is 0 Å². The Morgan fingerprint density at radius 1 is 0.967 bits per heavy atom. The fourth-order valence-electron chi connectivity index (χ4n) is 3.00. The maximum absolute atomic E-state index is 13.2. The first-order chi connectivity index (χ1) is 14.4. The predicted molar refractivity (Wildman–Crippen MR) is 120 cm³/mol. The summed E-state index contributed by atoms with van der Waals surface area (Å²) in [6.07, 6.45) is 0.624. The van der Waals surface area contributed by atoms with Gasteiger partial charge in [-0.2, -0.15) is 0 Å². The van der Waals surface area contributed by atoms with Crippen LogP contribution in [0.5, 0.6) is 0 Å². The molecule has 156 valence electrons. The molecule has 1 amide bonds. The topological polar surface area (TPSA) is 66.5 Å². The van der Waals surface area contributed by atoms with Gasteiger partial charge in [0.1, 0.15) is 6.54 Å². The van der Waals surface area contributed by atoms with Crippen LogP contribution in [0.15, 0.2) is 83.8 Å². The molecule has 0 spiro atoms. The molecule has 30 heavy (non-hydrogen) atoms. The second-order valence-corrected chi connectivity index (χ2v) is 9.19. The number of benzene rings is 3. The molecular formula is C23H23ClN2O3S. The number of nitrogens with zero attached hydrogens (tertiary/aromatic N) is 1. The highest BCUT2D eigenvalue weighted by molar-refractivity contribution is 7.92. The molecule has 0 fully saturated rings. The van der Waals surface area contributed by atoms with E-state index in [9.17, 15) is 13.2 Å². The van der Waals surface area contributed by atoms with Crippen LogP contribution >= 0.6 is 11.6 Å². The van der Waals surface area contributed by atoms with Gasteiger partial charge in [0.15, 0.2) is 0 Å². The smallest absolute Gasteiger partial charge is 0.264 e.